The van der Waals surface area contributed by atoms with Gasteiger partial charge in [-0.3, -0.25) is 0 Å². The molecule has 0 saturated carbocycles. The highest BCUT2D eigenvalue weighted by molar-refractivity contribution is 7.80. The molecule has 6 heteroatoms. The van der Waals surface area contributed by atoms with Crippen molar-refractivity contribution in [3.05, 3.63) is 28.8 Å². The van der Waals surface area contributed by atoms with Gasteiger partial charge in [-0.1, -0.05) is 23.8 Å². The molecule has 1 aliphatic rings. The van der Waals surface area contributed by atoms with Gasteiger partial charge in [0.1, 0.15) is 4.99 Å². The van der Waals surface area contributed by atoms with Crippen LogP contribution in [0.4, 0.5) is 5.69 Å². The lowest BCUT2D eigenvalue weighted by molar-refractivity contribution is 0.0572. The molecule has 17 heavy (non-hydrogen) atoms. The largest absolute Gasteiger partial charge is 0.389 e. The molecule has 1 aromatic rings. The summed E-state index contributed by atoms with van der Waals surface area (Å²) >= 11 is 10.9. The highest BCUT2D eigenvalue weighted by Gasteiger charge is 2.29. The Balaban J connectivity index is 2.24. The lowest BCUT2D eigenvalue weighted by atomic mass is 10.2. The van der Waals surface area contributed by atoms with Crippen LogP contribution in [-0.2, 0) is 0 Å². The summed E-state index contributed by atoms with van der Waals surface area (Å²) in [5, 5.41) is 19.4. The van der Waals surface area contributed by atoms with E-state index in [4.69, 9.17) is 29.6 Å². The molecular formula is C11H13ClN2O2S. The van der Waals surface area contributed by atoms with Crippen molar-refractivity contribution in [3.8, 4) is 0 Å². The number of β-amino-alcohol motifs (C(OH)–C–C–N with tert-alkyl or cyclic N) is 2. The van der Waals surface area contributed by atoms with Gasteiger partial charge in [0, 0.05) is 24.3 Å². The molecular weight excluding hydrogens is 260 g/mol. The molecule has 1 aromatic carbocycles. The Hall–Kier alpha value is -0.880. The quantitative estimate of drug-likeness (QED) is 0.685. The second kappa shape index (κ2) is 4.78. The van der Waals surface area contributed by atoms with Crippen molar-refractivity contribution >= 4 is 34.5 Å². The zero-order chi connectivity index (χ0) is 12.6. The van der Waals surface area contributed by atoms with Crippen molar-refractivity contribution in [3.63, 3.8) is 0 Å². The number of benzene rings is 1. The molecule has 1 heterocycles. The number of halogens is 1. The maximum atomic E-state index is 9.48. The number of anilines is 1. The fraction of sp³-hybridized carbons (Fsp3) is 0.364. The molecule has 0 spiro atoms. The van der Waals surface area contributed by atoms with Gasteiger partial charge < -0.3 is 20.8 Å². The minimum Gasteiger partial charge on any atom is -0.389 e. The molecule has 0 aromatic heterocycles. The van der Waals surface area contributed by atoms with E-state index in [1.165, 1.54) is 0 Å². The van der Waals surface area contributed by atoms with Crippen LogP contribution in [0.3, 0.4) is 0 Å². The summed E-state index contributed by atoms with van der Waals surface area (Å²) in [6.07, 6.45) is -1.44. The molecule has 4 N–H and O–H groups in total. The van der Waals surface area contributed by atoms with Gasteiger partial charge in [0.15, 0.2) is 0 Å². The molecule has 2 atom stereocenters. The number of hydrogen-bond acceptors (Lipinski definition) is 4. The van der Waals surface area contributed by atoms with Crippen LogP contribution in [0.5, 0.6) is 0 Å². The zero-order valence-electron chi connectivity index (χ0n) is 9.01. The zero-order valence-corrected chi connectivity index (χ0v) is 10.6. The molecule has 0 amide bonds. The minimum absolute atomic E-state index is 0.253. The lowest BCUT2D eigenvalue weighted by Gasteiger charge is -2.18. The Labute approximate surface area is 110 Å². The number of nitrogens with zero attached hydrogens (tertiary/aromatic N) is 1. The van der Waals surface area contributed by atoms with Crippen molar-refractivity contribution in [2.24, 2.45) is 5.73 Å². The Morgan fingerprint density at radius 2 is 1.94 bits per heavy atom. The van der Waals surface area contributed by atoms with E-state index in [1.807, 2.05) is 11.0 Å². The summed E-state index contributed by atoms with van der Waals surface area (Å²) in [6, 6.07) is 5.31. The summed E-state index contributed by atoms with van der Waals surface area (Å²) < 4.78 is 0. The van der Waals surface area contributed by atoms with Crippen molar-refractivity contribution < 1.29 is 10.2 Å². The van der Waals surface area contributed by atoms with Crippen LogP contribution in [-0.4, -0.2) is 40.5 Å². The minimum atomic E-state index is -0.718. The fourth-order valence-electron chi connectivity index (χ4n) is 1.88. The first-order valence-corrected chi connectivity index (χ1v) is 5.98. The number of aliphatic hydroxyl groups excluding tert-OH is 2. The van der Waals surface area contributed by atoms with E-state index in [0.29, 0.717) is 23.7 Å². The van der Waals surface area contributed by atoms with E-state index in [2.05, 4.69) is 0 Å². The Morgan fingerprint density at radius 3 is 2.41 bits per heavy atom. The van der Waals surface area contributed by atoms with E-state index in [-0.39, 0.29) is 4.99 Å². The van der Waals surface area contributed by atoms with Crippen LogP contribution < -0.4 is 10.6 Å². The third-order valence-corrected chi connectivity index (χ3v) is 3.37. The van der Waals surface area contributed by atoms with Crippen molar-refractivity contribution in [2.45, 2.75) is 12.2 Å². The van der Waals surface area contributed by atoms with Crippen LogP contribution in [0.2, 0.25) is 5.02 Å². The molecule has 1 fully saturated rings. The third-order valence-electron chi connectivity index (χ3n) is 2.84. The average Bonchev–Trinajstić information content (AvgIpc) is 2.58. The molecule has 0 bridgehead atoms. The van der Waals surface area contributed by atoms with Gasteiger partial charge in [-0.25, -0.2) is 0 Å². The highest BCUT2D eigenvalue weighted by Crippen LogP contribution is 2.26. The normalized spacial score (nSPS) is 24.1. The van der Waals surface area contributed by atoms with Gasteiger partial charge >= 0.3 is 0 Å². The Bertz CT molecular complexity index is 445. The van der Waals surface area contributed by atoms with E-state index in [0.717, 1.165) is 5.69 Å². The SMILES string of the molecule is NC(=S)c1ccc(N2CC(O)C(O)C2)cc1Cl. The Kier molecular flexibility index (Phi) is 3.53. The lowest BCUT2D eigenvalue weighted by Crippen LogP contribution is -2.22. The van der Waals surface area contributed by atoms with Crippen LogP contribution >= 0.6 is 23.8 Å². The molecule has 0 aliphatic carbocycles. The molecule has 92 valence electrons. The fourth-order valence-corrected chi connectivity index (χ4v) is 2.39. The van der Waals surface area contributed by atoms with E-state index < -0.39 is 12.2 Å². The van der Waals surface area contributed by atoms with Crippen LogP contribution in [0.15, 0.2) is 18.2 Å². The van der Waals surface area contributed by atoms with Crippen LogP contribution in [0.1, 0.15) is 5.56 Å². The number of rotatable bonds is 2. The third kappa shape index (κ3) is 2.52. The monoisotopic (exact) mass is 272 g/mol. The van der Waals surface area contributed by atoms with E-state index in [9.17, 15) is 10.2 Å². The molecule has 2 rings (SSSR count). The summed E-state index contributed by atoms with van der Waals surface area (Å²) in [7, 11) is 0. The maximum Gasteiger partial charge on any atom is 0.105 e. The highest BCUT2D eigenvalue weighted by atomic mass is 35.5. The predicted molar refractivity (Wildman–Crippen MR) is 71.6 cm³/mol. The van der Waals surface area contributed by atoms with Crippen LogP contribution in [0, 0.1) is 0 Å². The molecule has 1 saturated heterocycles. The number of hydrogen-bond donors (Lipinski definition) is 3. The van der Waals surface area contributed by atoms with Crippen molar-refractivity contribution in [1.82, 2.24) is 0 Å². The maximum absolute atomic E-state index is 9.48. The smallest absolute Gasteiger partial charge is 0.105 e. The summed E-state index contributed by atoms with van der Waals surface area (Å²) in [5.74, 6) is 0. The topological polar surface area (TPSA) is 69.7 Å². The van der Waals surface area contributed by atoms with Crippen LogP contribution in [0.25, 0.3) is 0 Å². The standard InChI is InChI=1S/C11H13ClN2O2S/c12-8-3-6(1-2-7(8)11(13)17)14-4-9(15)10(16)5-14/h1-3,9-10,15-16H,4-5H2,(H2,13,17). The molecule has 0 radical (unpaired) electrons. The summed E-state index contributed by atoms with van der Waals surface area (Å²) in [5.41, 5.74) is 6.98. The first kappa shape index (κ1) is 12.6. The van der Waals surface area contributed by atoms with Gasteiger partial charge in [0.05, 0.1) is 17.2 Å². The second-order valence-corrected chi connectivity index (χ2v) is 4.92. The molecule has 2 unspecified atom stereocenters. The predicted octanol–water partition coefficient (Wildman–Crippen LogP) is 0.516. The first-order valence-electron chi connectivity index (χ1n) is 5.19. The van der Waals surface area contributed by atoms with Crippen molar-refractivity contribution in [1.29, 1.82) is 0 Å². The summed E-state index contributed by atoms with van der Waals surface area (Å²) in [4.78, 5) is 2.12. The number of nitrogens with two attached hydrogens (primary N) is 1. The average molecular weight is 273 g/mol. The van der Waals surface area contributed by atoms with Gasteiger partial charge in [0.2, 0.25) is 0 Å². The van der Waals surface area contributed by atoms with Gasteiger partial charge in [-0.2, -0.15) is 0 Å². The van der Waals surface area contributed by atoms with Gasteiger partial charge in [-0.15, -0.1) is 0 Å². The van der Waals surface area contributed by atoms with Gasteiger partial charge in [0.25, 0.3) is 0 Å². The second-order valence-electron chi connectivity index (χ2n) is 4.07. The van der Waals surface area contributed by atoms with E-state index >= 15 is 0 Å². The Morgan fingerprint density at radius 1 is 1.35 bits per heavy atom. The summed E-state index contributed by atoms with van der Waals surface area (Å²) in [6.45, 7) is 0.786. The first-order chi connectivity index (χ1) is 7.99. The molecule has 4 nitrogen and oxygen atoms in total. The molecule has 1 aliphatic heterocycles. The van der Waals surface area contributed by atoms with Crippen molar-refractivity contribution in [2.75, 3.05) is 18.0 Å². The van der Waals surface area contributed by atoms with E-state index in [1.54, 1.807) is 12.1 Å². The number of thiocarbonyl (C=S) groups is 1. The van der Waals surface area contributed by atoms with Gasteiger partial charge in [-0.05, 0) is 18.2 Å². The number of aliphatic hydroxyl groups is 2.